The molecule has 1 saturated carbocycles. The number of fused-ring (bicyclic) bond motifs is 1. The van der Waals surface area contributed by atoms with Gasteiger partial charge in [0, 0.05) is 48.8 Å². The zero-order valence-corrected chi connectivity index (χ0v) is 25.6. The molecule has 236 valence electrons. The molecule has 0 spiro atoms. The minimum atomic E-state index is -2.87. The van der Waals surface area contributed by atoms with Gasteiger partial charge in [-0.05, 0) is 79.1 Å². The number of aryl methyl sites for hydroxylation is 2. The number of likely N-dealkylation sites (tertiary alicyclic amines) is 1. The van der Waals surface area contributed by atoms with Gasteiger partial charge in [-0.1, -0.05) is 23.7 Å². The van der Waals surface area contributed by atoms with Gasteiger partial charge in [0.1, 0.15) is 16.7 Å². The third-order valence-corrected chi connectivity index (χ3v) is 9.50. The molecule has 0 unspecified atom stereocenters. The SMILES string of the molecule is Cc1cnc(-c2cc3[nH]ncc3c(C(=O)N3CCC(F)(F)CC3)c2F)cc1-n1c(C)cc([C@H]2C[C@@H]2c2ccc(F)cc2)c(Cl)c1=O. The summed E-state index contributed by atoms with van der Waals surface area (Å²) in [4.78, 5) is 33.0. The van der Waals surface area contributed by atoms with Crippen molar-refractivity contribution in [1.29, 1.82) is 0 Å². The lowest BCUT2D eigenvalue weighted by Crippen LogP contribution is -2.43. The first-order valence-electron chi connectivity index (χ1n) is 14.9. The number of piperidine rings is 1. The molecule has 1 amide bonds. The molecule has 0 radical (unpaired) electrons. The lowest BCUT2D eigenvalue weighted by molar-refractivity contribution is -0.0494. The second kappa shape index (κ2) is 11.1. The maximum Gasteiger partial charge on any atom is 0.274 e. The number of halogens is 5. The van der Waals surface area contributed by atoms with Crippen molar-refractivity contribution in [2.24, 2.45) is 0 Å². The highest BCUT2D eigenvalue weighted by Gasteiger charge is 2.42. The molecule has 2 atom stereocenters. The lowest BCUT2D eigenvalue weighted by atomic mass is 9.99. The normalized spacial score (nSPS) is 19.1. The number of hydrogen-bond donors (Lipinski definition) is 1. The van der Waals surface area contributed by atoms with E-state index in [4.69, 9.17) is 11.6 Å². The maximum atomic E-state index is 16.3. The van der Waals surface area contributed by atoms with Crippen LogP contribution < -0.4 is 5.56 Å². The highest BCUT2D eigenvalue weighted by molar-refractivity contribution is 6.31. The lowest BCUT2D eigenvalue weighted by Gasteiger charge is -2.32. The van der Waals surface area contributed by atoms with Crippen molar-refractivity contribution in [3.63, 3.8) is 0 Å². The number of H-pyrrole nitrogens is 1. The number of hydrogen-bond acceptors (Lipinski definition) is 4. The number of alkyl halides is 2. The minimum absolute atomic E-state index is 0.0165. The summed E-state index contributed by atoms with van der Waals surface area (Å²) in [5.41, 5.74) is 3.14. The molecule has 2 aromatic carbocycles. The van der Waals surface area contributed by atoms with Gasteiger partial charge in [-0.15, -0.1) is 0 Å². The fourth-order valence-corrected chi connectivity index (χ4v) is 6.76. The Balaban J connectivity index is 1.27. The zero-order valence-electron chi connectivity index (χ0n) is 24.9. The van der Waals surface area contributed by atoms with Gasteiger partial charge in [0.25, 0.3) is 17.4 Å². The summed E-state index contributed by atoms with van der Waals surface area (Å²) in [7, 11) is 0. The van der Waals surface area contributed by atoms with Gasteiger partial charge in [0.2, 0.25) is 0 Å². The third kappa shape index (κ3) is 5.16. The molecule has 46 heavy (non-hydrogen) atoms. The second-order valence-electron chi connectivity index (χ2n) is 12.1. The van der Waals surface area contributed by atoms with E-state index in [0.29, 0.717) is 22.5 Å². The molecule has 7 nitrogen and oxygen atoms in total. The molecule has 1 aliphatic carbocycles. The molecule has 0 bridgehead atoms. The van der Waals surface area contributed by atoms with Gasteiger partial charge in [0.15, 0.2) is 0 Å². The van der Waals surface area contributed by atoms with E-state index in [1.807, 2.05) is 6.07 Å². The topological polar surface area (TPSA) is 83.9 Å². The van der Waals surface area contributed by atoms with E-state index in [2.05, 4.69) is 15.2 Å². The Morgan fingerprint density at radius 2 is 1.74 bits per heavy atom. The largest absolute Gasteiger partial charge is 0.338 e. The van der Waals surface area contributed by atoms with Crippen LogP contribution in [-0.4, -0.2) is 49.6 Å². The maximum absolute atomic E-state index is 16.3. The van der Waals surface area contributed by atoms with Crippen LogP contribution in [0, 0.1) is 25.5 Å². The van der Waals surface area contributed by atoms with Gasteiger partial charge < -0.3 is 4.90 Å². The number of rotatable bonds is 5. The fraction of sp³-hybridized carbons (Fsp3) is 0.294. The Kier molecular flexibility index (Phi) is 7.26. The molecule has 2 fully saturated rings. The standard InChI is InChI=1S/C34H28ClF4N5O2/c1-17-15-40-26(24-13-27-25(16-41-42-27)29(31(24)37)32(45)43-9-7-34(38,39)8-10-43)14-28(17)44-18(2)11-23(30(35)33(44)46)22-12-21(22)19-3-5-20(36)6-4-19/h3-6,11,13-16,21-22H,7-10,12H2,1-2H3,(H,41,42)/t21-,22+/m1/s1. The fourth-order valence-electron chi connectivity index (χ4n) is 6.48. The van der Waals surface area contributed by atoms with Gasteiger partial charge in [-0.2, -0.15) is 5.10 Å². The number of nitrogens with one attached hydrogen (secondary N) is 1. The van der Waals surface area contributed by atoms with Crippen molar-refractivity contribution in [3.05, 3.63) is 110 Å². The summed E-state index contributed by atoms with van der Waals surface area (Å²) < 4.78 is 58.8. The zero-order chi connectivity index (χ0) is 32.5. The molecule has 7 rings (SSSR count). The van der Waals surface area contributed by atoms with Gasteiger partial charge in [-0.25, -0.2) is 17.6 Å². The summed E-state index contributed by atoms with van der Waals surface area (Å²) >= 11 is 6.70. The van der Waals surface area contributed by atoms with Crippen molar-refractivity contribution >= 4 is 28.4 Å². The van der Waals surface area contributed by atoms with Crippen LogP contribution in [-0.2, 0) is 0 Å². The molecule has 2 aliphatic rings. The molecule has 5 aromatic rings. The van der Waals surface area contributed by atoms with Crippen LogP contribution in [0.25, 0.3) is 27.8 Å². The number of nitrogens with zero attached hydrogens (tertiary/aromatic N) is 4. The average Bonchev–Trinajstić information content (AvgIpc) is 3.68. The molecule has 1 N–H and O–H groups in total. The van der Waals surface area contributed by atoms with Crippen LogP contribution in [0.5, 0.6) is 0 Å². The number of aromatic nitrogens is 4. The van der Waals surface area contributed by atoms with E-state index >= 15 is 4.39 Å². The first-order chi connectivity index (χ1) is 21.9. The smallest absolute Gasteiger partial charge is 0.274 e. The Bertz CT molecular complexity index is 2080. The van der Waals surface area contributed by atoms with E-state index in [9.17, 15) is 22.8 Å². The molecule has 12 heteroatoms. The summed E-state index contributed by atoms with van der Waals surface area (Å²) in [5, 5.41) is 7.04. The average molecular weight is 650 g/mol. The summed E-state index contributed by atoms with van der Waals surface area (Å²) in [6.07, 6.45) is 2.62. The number of amides is 1. The van der Waals surface area contributed by atoms with Crippen molar-refractivity contribution in [1.82, 2.24) is 24.6 Å². The third-order valence-electron chi connectivity index (χ3n) is 9.12. The van der Waals surface area contributed by atoms with Crippen LogP contribution in [0.1, 0.15) is 63.8 Å². The van der Waals surface area contributed by atoms with E-state index in [1.54, 1.807) is 32.0 Å². The van der Waals surface area contributed by atoms with E-state index in [0.717, 1.165) is 17.5 Å². The summed E-state index contributed by atoms with van der Waals surface area (Å²) in [5.74, 6) is -4.61. The Hall–Kier alpha value is -4.51. The Labute approximate surface area is 265 Å². The number of pyridine rings is 2. The quantitative estimate of drug-likeness (QED) is 0.200. The Morgan fingerprint density at radius 3 is 2.46 bits per heavy atom. The van der Waals surface area contributed by atoms with Crippen LogP contribution in [0.15, 0.2) is 59.7 Å². The number of aromatic amines is 1. The molecule has 4 heterocycles. The molecule has 1 aliphatic heterocycles. The van der Waals surface area contributed by atoms with Gasteiger partial charge in [0.05, 0.1) is 28.7 Å². The number of benzene rings is 2. The monoisotopic (exact) mass is 649 g/mol. The molecule has 3 aromatic heterocycles. The van der Waals surface area contributed by atoms with Crippen molar-refractivity contribution in [2.45, 2.75) is 50.9 Å². The van der Waals surface area contributed by atoms with E-state index in [1.165, 1.54) is 40.1 Å². The van der Waals surface area contributed by atoms with Crippen molar-refractivity contribution in [2.75, 3.05) is 13.1 Å². The first-order valence-corrected chi connectivity index (χ1v) is 15.3. The highest BCUT2D eigenvalue weighted by atomic mass is 35.5. The van der Waals surface area contributed by atoms with E-state index in [-0.39, 0.29) is 58.0 Å². The van der Waals surface area contributed by atoms with Crippen LogP contribution >= 0.6 is 11.6 Å². The number of carbonyl (C=O) groups is 1. The molecule has 1 saturated heterocycles. The van der Waals surface area contributed by atoms with Crippen molar-refractivity contribution < 1.29 is 22.4 Å². The Morgan fingerprint density at radius 1 is 1.02 bits per heavy atom. The minimum Gasteiger partial charge on any atom is -0.338 e. The summed E-state index contributed by atoms with van der Waals surface area (Å²) in [6, 6.07) is 11.2. The van der Waals surface area contributed by atoms with Crippen LogP contribution in [0.2, 0.25) is 5.02 Å². The predicted molar refractivity (Wildman–Crippen MR) is 166 cm³/mol. The second-order valence-corrected chi connectivity index (χ2v) is 12.5. The predicted octanol–water partition coefficient (Wildman–Crippen LogP) is 7.47. The molecular formula is C34H28ClF4N5O2. The first kappa shape index (κ1) is 30.2. The highest BCUT2D eigenvalue weighted by Crippen LogP contribution is 2.56. The van der Waals surface area contributed by atoms with Crippen LogP contribution in [0.3, 0.4) is 0 Å². The van der Waals surface area contributed by atoms with Gasteiger partial charge >= 0.3 is 0 Å². The van der Waals surface area contributed by atoms with Crippen LogP contribution in [0.4, 0.5) is 17.6 Å². The summed E-state index contributed by atoms with van der Waals surface area (Å²) in [6.45, 7) is 3.14. The van der Waals surface area contributed by atoms with Crippen molar-refractivity contribution in [3.8, 4) is 16.9 Å². The molecular weight excluding hydrogens is 622 g/mol. The van der Waals surface area contributed by atoms with E-state index < -0.39 is 36.0 Å². The van der Waals surface area contributed by atoms with Gasteiger partial charge in [-0.3, -0.25) is 24.2 Å². The number of carbonyl (C=O) groups excluding carboxylic acids is 1.